The molecule has 0 amide bonds. The summed E-state index contributed by atoms with van der Waals surface area (Å²) in [5.74, 6) is 1.77. The first-order valence-electron chi connectivity index (χ1n) is 7.60. The molecule has 0 radical (unpaired) electrons. The van der Waals surface area contributed by atoms with Gasteiger partial charge < -0.3 is 4.74 Å². The summed E-state index contributed by atoms with van der Waals surface area (Å²) in [5.41, 5.74) is 3.97. The van der Waals surface area contributed by atoms with Crippen molar-refractivity contribution in [2.75, 3.05) is 0 Å². The van der Waals surface area contributed by atoms with Gasteiger partial charge >= 0.3 is 0 Å². The topological polar surface area (TPSA) is 9.23 Å². The maximum absolute atomic E-state index is 6.09. The number of benzene rings is 2. The van der Waals surface area contributed by atoms with Gasteiger partial charge in [0.25, 0.3) is 0 Å². The highest BCUT2D eigenvalue weighted by Gasteiger charge is 2.20. The van der Waals surface area contributed by atoms with Crippen molar-refractivity contribution in [3.05, 3.63) is 65.2 Å². The zero-order valence-electron chi connectivity index (χ0n) is 12.1. The second-order valence-corrected chi connectivity index (χ2v) is 5.80. The van der Waals surface area contributed by atoms with Crippen molar-refractivity contribution in [2.45, 2.75) is 45.1 Å². The summed E-state index contributed by atoms with van der Waals surface area (Å²) < 4.78 is 6.09. The maximum Gasteiger partial charge on any atom is 0.123 e. The van der Waals surface area contributed by atoms with E-state index in [-0.39, 0.29) is 0 Å². The minimum Gasteiger partial charge on any atom is -0.489 e. The van der Waals surface area contributed by atoms with Crippen LogP contribution in [0.15, 0.2) is 48.5 Å². The summed E-state index contributed by atoms with van der Waals surface area (Å²) in [7, 11) is 0. The Balaban J connectivity index is 1.78. The van der Waals surface area contributed by atoms with E-state index in [0.29, 0.717) is 12.5 Å². The van der Waals surface area contributed by atoms with Gasteiger partial charge in [-0.3, -0.25) is 0 Å². The Kier molecular flexibility index (Phi) is 4.05. The Hall–Kier alpha value is -1.76. The predicted molar refractivity (Wildman–Crippen MR) is 83.2 cm³/mol. The highest BCUT2D eigenvalue weighted by molar-refractivity contribution is 5.40. The van der Waals surface area contributed by atoms with Crippen molar-refractivity contribution >= 4 is 0 Å². The normalized spacial score (nSPS) is 15.4. The third kappa shape index (κ3) is 3.04. The molecule has 0 unspecified atom stereocenters. The lowest BCUT2D eigenvalue weighted by atomic mass is 9.95. The highest BCUT2D eigenvalue weighted by atomic mass is 16.5. The van der Waals surface area contributed by atoms with Crippen LogP contribution in [0.25, 0.3) is 0 Å². The lowest BCUT2D eigenvalue weighted by molar-refractivity contribution is 0.301. The van der Waals surface area contributed by atoms with Crippen LogP contribution in [0.3, 0.4) is 0 Å². The fourth-order valence-corrected chi connectivity index (χ4v) is 3.09. The van der Waals surface area contributed by atoms with E-state index in [4.69, 9.17) is 4.74 Å². The van der Waals surface area contributed by atoms with Crippen molar-refractivity contribution in [1.29, 1.82) is 0 Å². The zero-order chi connectivity index (χ0) is 13.8. The van der Waals surface area contributed by atoms with Crippen molar-refractivity contribution in [1.82, 2.24) is 0 Å². The summed E-state index contributed by atoms with van der Waals surface area (Å²) in [5, 5.41) is 0. The highest BCUT2D eigenvalue weighted by Crippen LogP contribution is 2.39. The number of aryl methyl sites for hydroxylation is 1. The van der Waals surface area contributed by atoms with Crippen LogP contribution in [0.1, 0.15) is 48.3 Å². The average molecular weight is 266 g/mol. The molecule has 0 bridgehead atoms. The largest absolute Gasteiger partial charge is 0.489 e. The van der Waals surface area contributed by atoms with Crippen LogP contribution in [0.5, 0.6) is 5.75 Å². The number of hydrogen-bond acceptors (Lipinski definition) is 1. The Bertz CT molecular complexity index is 553. The number of rotatable bonds is 4. The van der Waals surface area contributed by atoms with Crippen molar-refractivity contribution in [3.63, 3.8) is 0 Å². The molecule has 0 spiro atoms. The predicted octanol–water partition coefficient (Wildman–Crippen LogP) is 5.23. The van der Waals surface area contributed by atoms with E-state index < -0.39 is 0 Å². The van der Waals surface area contributed by atoms with Gasteiger partial charge in [0.05, 0.1) is 0 Å². The van der Waals surface area contributed by atoms with Gasteiger partial charge in [-0.1, -0.05) is 60.9 Å². The fourth-order valence-electron chi connectivity index (χ4n) is 3.09. The Morgan fingerprint density at radius 2 is 1.75 bits per heavy atom. The molecular weight excluding hydrogens is 244 g/mol. The van der Waals surface area contributed by atoms with E-state index >= 15 is 0 Å². The molecule has 3 rings (SSSR count). The van der Waals surface area contributed by atoms with Gasteiger partial charge in [0.1, 0.15) is 12.4 Å². The minimum atomic E-state index is 0.656. The van der Waals surface area contributed by atoms with Crippen LogP contribution in [0.2, 0.25) is 0 Å². The molecule has 0 saturated heterocycles. The van der Waals surface area contributed by atoms with Crippen LogP contribution in [0, 0.1) is 6.92 Å². The minimum absolute atomic E-state index is 0.656. The molecular formula is C19H22O. The molecule has 104 valence electrons. The molecule has 0 heterocycles. The molecule has 1 aliphatic rings. The first-order valence-corrected chi connectivity index (χ1v) is 7.60. The summed E-state index contributed by atoms with van der Waals surface area (Å²) >= 11 is 0. The summed E-state index contributed by atoms with van der Waals surface area (Å²) in [4.78, 5) is 0. The van der Waals surface area contributed by atoms with Gasteiger partial charge in [-0.2, -0.15) is 0 Å². The molecule has 2 aromatic rings. The molecule has 1 nitrogen and oxygen atoms in total. The summed E-state index contributed by atoms with van der Waals surface area (Å²) in [6.45, 7) is 2.82. The van der Waals surface area contributed by atoms with Gasteiger partial charge in [-0.05, 0) is 42.9 Å². The fraction of sp³-hybridized carbons (Fsp3) is 0.368. The SMILES string of the molecule is Cc1ccc(OCc2ccccc2)c(C2CCCC2)c1. The first kappa shape index (κ1) is 13.2. The van der Waals surface area contributed by atoms with Gasteiger partial charge in [0, 0.05) is 0 Å². The van der Waals surface area contributed by atoms with Crippen molar-refractivity contribution < 1.29 is 4.74 Å². The molecule has 1 aliphatic carbocycles. The van der Waals surface area contributed by atoms with E-state index in [2.05, 4.69) is 49.4 Å². The average Bonchev–Trinajstić information content (AvgIpc) is 3.01. The van der Waals surface area contributed by atoms with Crippen LogP contribution in [-0.2, 0) is 6.61 Å². The summed E-state index contributed by atoms with van der Waals surface area (Å²) in [6, 6.07) is 17.0. The van der Waals surface area contributed by atoms with E-state index in [9.17, 15) is 0 Å². The molecule has 1 heteroatoms. The van der Waals surface area contributed by atoms with Gasteiger partial charge in [-0.25, -0.2) is 0 Å². The quantitative estimate of drug-likeness (QED) is 0.736. The monoisotopic (exact) mass is 266 g/mol. The smallest absolute Gasteiger partial charge is 0.123 e. The molecule has 2 aromatic carbocycles. The Morgan fingerprint density at radius 1 is 1.00 bits per heavy atom. The van der Waals surface area contributed by atoms with Gasteiger partial charge in [0.2, 0.25) is 0 Å². The molecule has 0 N–H and O–H groups in total. The molecule has 1 saturated carbocycles. The van der Waals surface area contributed by atoms with E-state index in [1.165, 1.54) is 42.4 Å². The van der Waals surface area contributed by atoms with Crippen LogP contribution >= 0.6 is 0 Å². The number of hydrogen-bond donors (Lipinski definition) is 0. The molecule has 0 aliphatic heterocycles. The first-order chi connectivity index (χ1) is 9.83. The van der Waals surface area contributed by atoms with E-state index in [1.807, 2.05) is 6.07 Å². The Morgan fingerprint density at radius 3 is 2.50 bits per heavy atom. The Labute approximate surface area is 121 Å². The van der Waals surface area contributed by atoms with Gasteiger partial charge in [0.15, 0.2) is 0 Å². The lowest BCUT2D eigenvalue weighted by Crippen LogP contribution is -2.01. The number of ether oxygens (including phenoxy) is 1. The maximum atomic E-state index is 6.09. The van der Waals surface area contributed by atoms with Crippen molar-refractivity contribution in [2.24, 2.45) is 0 Å². The van der Waals surface area contributed by atoms with Crippen molar-refractivity contribution in [3.8, 4) is 5.75 Å². The standard InChI is InChI=1S/C19H22O/c1-15-11-12-19(18(13-15)17-9-5-6-10-17)20-14-16-7-3-2-4-8-16/h2-4,7-8,11-13,17H,5-6,9-10,14H2,1H3. The van der Waals surface area contributed by atoms with Crippen LogP contribution in [-0.4, -0.2) is 0 Å². The second kappa shape index (κ2) is 6.13. The van der Waals surface area contributed by atoms with E-state index in [0.717, 1.165) is 5.75 Å². The second-order valence-electron chi connectivity index (χ2n) is 5.80. The third-order valence-electron chi connectivity index (χ3n) is 4.20. The summed E-state index contributed by atoms with van der Waals surface area (Å²) in [6.07, 6.45) is 5.34. The molecule has 20 heavy (non-hydrogen) atoms. The van der Waals surface area contributed by atoms with Gasteiger partial charge in [-0.15, -0.1) is 0 Å². The molecule has 0 atom stereocenters. The van der Waals surface area contributed by atoms with Crippen LogP contribution in [0.4, 0.5) is 0 Å². The van der Waals surface area contributed by atoms with E-state index in [1.54, 1.807) is 0 Å². The molecule has 0 aromatic heterocycles. The molecule has 1 fully saturated rings. The zero-order valence-corrected chi connectivity index (χ0v) is 12.1. The van der Waals surface area contributed by atoms with Crippen LogP contribution < -0.4 is 4.74 Å². The third-order valence-corrected chi connectivity index (χ3v) is 4.20. The lowest BCUT2D eigenvalue weighted by Gasteiger charge is -2.17.